The van der Waals surface area contributed by atoms with Gasteiger partial charge in [-0.3, -0.25) is 10.1 Å². The fourth-order valence-corrected chi connectivity index (χ4v) is 2.51. The van der Waals surface area contributed by atoms with Gasteiger partial charge in [0.15, 0.2) is 4.34 Å². The van der Waals surface area contributed by atoms with Gasteiger partial charge in [-0.2, -0.15) is 10.1 Å². The van der Waals surface area contributed by atoms with Gasteiger partial charge in [0.1, 0.15) is 11.3 Å². The number of aryl methyl sites for hydroxylation is 1. The summed E-state index contributed by atoms with van der Waals surface area (Å²) in [7, 11) is 0. The third kappa shape index (κ3) is 3.00. The van der Waals surface area contributed by atoms with Crippen molar-refractivity contribution >= 4 is 35.0 Å². The minimum absolute atomic E-state index is 0.158. The third-order valence-corrected chi connectivity index (χ3v) is 3.48. The van der Waals surface area contributed by atoms with E-state index in [0.717, 1.165) is 9.35 Å². The maximum absolute atomic E-state index is 11.4. The maximum atomic E-state index is 11.4. The number of amides is 1. The number of carbonyl (C=O) groups is 1. The molecule has 0 unspecified atom stereocenters. The van der Waals surface area contributed by atoms with Gasteiger partial charge in [-0.15, -0.1) is 10.2 Å². The molecular formula is C7H8N6OS2. The molecule has 16 heavy (non-hydrogen) atoms. The Balaban J connectivity index is 1.80. The molecular weight excluding hydrogens is 248 g/mol. The van der Waals surface area contributed by atoms with Gasteiger partial charge in [-0.25, -0.2) is 5.10 Å². The van der Waals surface area contributed by atoms with Crippen LogP contribution in [0.2, 0.25) is 0 Å². The minimum atomic E-state index is -0.158. The van der Waals surface area contributed by atoms with E-state index in [0.29, 0.717) is 5.95 Å². The standard InChI is InChI=1S/C7H8N6OS2/c1-4-11-13-7(16-4)15-2-5(14)10-6-8-3-9-12-6/h3H,2H2,1H3,(H2,8,9,10,12,14). The van der Waals surface area contributed by atoms with Gasteiger partial charge in [0.05, 0.1) is 5.75 Å². The summed E-state index contributed by atoms with van der Waals surface area (Å²) in [5.74, 6) is 0.462. The molecule has 2 N–H and O–H groups in total. The summed E-state index contributed by atoms with van der Waals surface area (Å²) >= 11 is 2.80. The van der Waals surface area contributed by atoms with Crippen LogP contribution < -0.4 is 5.32 Å². The summed E-state index contributed by atoms with van der Waals surface area (Å²) in [6, 6.07) is 0. The monoisotopic (exact) mass is 256 g/mol. The molecule has 0 saturated carbocycles. The van der Waals surface area contributed by atoms with Gasteiger partial charge in [0.25, 0.3) is 0 Å². The van der Waals surface area contributed by atoms with Crippen LogP contribution >= 0.6 is 23.1 Å². The number of nitrogens with zero attached hydrogens (tertiary/aromatic N) is 4. The van der Waals surface area contributed by atoms with Crippen molar-refractivity contribution < 1.29 is 4.79 Å². The van der Waals surface area contributed by atoms with Crippen LogP contribution in [0.4, 0.5) is 5.95 Å². The molecule has 2 aromatic rings. The first-order valence-corrected chi connectivity index (χ1v) is 6.12. The van der Waals surface area contributed by atoms with Crippen LogP contribution in [0.3, 0.4) is 0 Å². The zero-order chi connectivity index (χ0) is 11.4. The predicted molar refractivity (Wildman–Crippen MR) is 60.4 cm³/mol. The Labute approximate surface area is 99.1 Å². The molecule has 0 aliphatic heterocycles. The lowest BCUT2D eigenvalue weighted by Gasteiger charge is -1.98. The largest absolute Gasteiger partial charge is 0.294 e. The van der Waals surface area contributed by atoms with E-state index in [9.17, 15) is 4.79 Å². The number of hydrogen-bond donors (Lipinski definition) is 2. The number of rotatable bonds is 4. The summed E-state index contributed by atoms with van der Waals surface area (Å²) in [5, 5.41) is 17.4. The Kier molecular flexibility index (Phi) is 3.47. The molecule has 0 aliphatic carbocycles. The van der Waals surface area contributed by atoms with Crippen molar-refractivity contribution in [3.8, 4) is 0 Å². The molecule has 0 saturated heterocycles. The van der Waals surface area contributed by atoms with Gasteiger partial charge < -0.3 is 0 Å². The van der Waals surface area contributed by atoms with E-state index in [2.05, 4.69) is 30.7 Å². The molecule has 1 amide bonds. The van der Waals surface area contributed by atoms with E-state index in [1.807, 2.05) is 6.92 Å². The number of H-pyrrole nitrogens is 1. The molecule has 0 atom stereocenters. The van der Waals surface area contributed by atoms with Gasteiger partial charge in [-0.05, 0) is 6.92 Å². The van der Waals surface area contributed by atoms with Crippen LogP contribution in [0.15, 0.2) is 10.7 Å². The summed E-state index contributed by atoms with van der Waals surface area (Å²) < 4.78 is 0.783. The van der Waals surface area contributed by atoms with Crippen LogP contribution in [0, 0.1) is 6.92 Å². The van der Waals surface area contributed by atoms with Gasteiger partial charge in [0.2, 0.25) is 11.9 Å². The topological polar surface area (TPSA) is 96.5 Å². The Morgan fingerprint density at radius 1 is 1.62 bits per heavy atom. The number of hydrogen-bond acceptors (Lipinski definition) is 7. The van der Waals surface area contributed by atoms with Crippen LogP contribution in [0.5, 0.6) is 0 Å². The van der Waals surface area contributed by atoms with Crippen molar-refractivity contribution in [3.05, 3.63) is 11.3 Å². The lowest BCUT2D eigenvalue weighted by Crippen LogP contribution is -2.14. The average molecular weight is 256 g/mol. The molecule has 0 aliphatic rings. The lowest BCUT2D eigenvalue weighted by atomic mass is 10.7. The minimum Gasteiger partial charge on any atom is -0.294 e. The highest BCUT2D eigenvalue weighted by molar-refractivity contribution is 8.01. The number of aromatic amines is 1. The van der Waals surface area contributed by atoms with Crippen molar-refractivity contribution in [3.63, 3.8) is 0 Å². The summed E-state index contributed by atoms with van der Waals surface area (Å²) in [6.07, 6.45) is 1.33. The quantitative estimate of drug-likeness (QED) is 0.781. The number of aromatic nitrogens is 5. The fourth-order valence-electron chi connectivity index (χ4n) is 0.898. The van der Waals surface area contributed by atoms with Gasteiger partial charge in [0, 0.05) is 0 Å². The normalized spacial score (nSPS) is 10.3. The molecule has 9 heteroatoms. The van der Waals surface area contributed by atoms with Gasteiger partial charge >= 0.3 is 0 Å². The van der Waals surface area contributed by atoms with E-state index in [-0.39, 0.29) is 11.7 Å². The number of carbonyl (C=O) groups excluding carboxylic acids is 1. The zero-order valence-electron chi connectivity index (χ0n) is 8.30. The van der Waals surface area contributed by atoms with Crippen molar-refractivity contribution in [2.45, 2.75) is 11.3 Å². The second-order valence-corrected chi connectivity index (χ2v) is 5.16. The van der Waals surface area contributed by atoms with Crippen LogP contribution in [0.25, 0.3) is 0 Å². The highest BCUT2D eigenvalue weighted by Crippen LogP contribution is 2.21. The molecule has 0 aromatic carbocycles. The van der Waals surface area contributed by atoms with Crippen LogP contribution in [-0.2, 0) is 4.79 Å². The van der Waals surface area contributed by atoms with Crippen LogP contribution in [0.1, 0.15) is 5.01 Å². The molecule has 0 fully saturated rings. The Morgan fingerprint density at radius 3 is 3.12 bits per heavy atom. The molecule has 2 heterocycles. The first-order valence-electron chi connectivity index (χ1n) is 4.32. The second kappa shape index (κ2) is 5.03. The highest BCUT2D eigenvalue weighted by atomic mass is 32.2. The molecule has 84 valence electrons. The summed E-state index contributed by atoms with van der Waals surface area (Å²) in [4.78, 5) is 15.2. The first-order chi connectivity index (χ1) is 7.74. The Morgan fingerprint density at radius 2 is 2.50 bits per heavy atom. The Bertz CT molecular complexity index is 467. The Hall–Kier alpha value is -1.48. The molecule has 0 spiro atoms. The SMILES string of the molecule is Cc1nnc(SCC(=O)Nc2ncn[nH]2)s1. The van der Waals surface area contributed by atoms with E-state index in [1.165, 1.54) is 29.4 Å². The first kappa shape index (κ1) is 11.0. The van der Waals surface area contributed by atoms with E-state index >= 15 is 0 Å². The number of anilines is 1. The van der Waals surface area contributed by atoms with Crippen molar-refractivity contribution in [1.29, 1.82) is 0 Å². The molecule has 2 rings (SSSR count). The molecule has 2 aromatic heterocycles. The molecule has 0 bridgehead atoms. The van der Waals surface area contributed by atoms with Crippen LogP contribution in [-0.4, -0.2) is 37.0 Å². The van der Waals surface area contributed by atoms with E-state index in [1.54, 1.807) is 0 Å². The average Bonchev–Trinajstić information content (AvgIpc) is 2.87. The predicted octanol–water partition coefficient (Wildman–Crippen LogP) is 0.695. The van der Waals surface area contributed by atoms with Crippen molar-refractivity contribution in [2.24, 2.45) is 0 Å². The van der Waals surface area contributed by atoms with E-state index < -0.39 is 0 Å². The van der Waals surface area contributed by atoms with Gasteiger partial charge in [-0.1, -0.05) is 23.1 Å². The molecule has 7 nitrogen and oxygen atoms in total. The zero-order valence-corrected chi connectivity index (χ0v) is 9.93. The number of thioether (sulfide) groups is 1. The number of nitrogens with one attached hydrogen (secondary N) is 2. The van der Waals surface area contributed by atoms with Crippen molar-refractivity contribution in [2.75, 3.05) is 11.1 Å². The smallest absolute Gasteiger partial charge is 0.237 e. The van der Waals surface area contributed by atoms with E-state index in [4.69, 9.17) is 0 Å². The third-order valence-electron chi connectivity index (χ3n) is 1.51. The summed E-state index contributed by atoms with van der Waals surface area (Å²) in [5.41, 5.74) is 0. The maximum Gasteiger partial charge on any atom is 0.237 e. The fraction of sp³-hybridized carbons (Fsp3) is 0.286. The summed E-state index contributed by atoms with van der Waals surface area (Å²) in [6.45, 7) is 1.87. The van der Waals surface area contributed by atoms with Crippen molar-refractivity contribution in [1.82, 2.24) is 25.4 Å². The molecule has 0 radical (unpaired) electrons. The highest BCUT2D eigenvalue weighted by Gasteiger charge is 2.07. The second-order valence-electron chi connectivity index (χ2n) is 2.76. The lowest BCUT2D eigenvalue weighted by molar-refractivity contribution is -0.113.